The lowest BCUT2D eigenvalue weighted by Gasteiger charge is -2.08. The quantitative estimate of drug-likeness (QED) is 0.486. The second kappa shape index (κ2) is 6.77. The van der Waals surface area contributed by atoms with Gasteiger partial charge >= 0.3 is 5.69 Å². The molecular weight excluding hydrogens is 336 g/mol. The van der Waals surface area contributed by atoms with Crippen LogP contribution in [0.15, 0.2) is 47.4 Å². The number of Topliss-reactive ketones (excluding diaryl/α,β-unsaturated/α-hetero) is 1. The Labute approximate surface area is 138 Å². The van der Waals surface area contributed by atoms with E-state index in [9.17, 15) is 23.3 Å². The highest BCUT2D eigenvalue weighted by Gasteiger charge is 2.21. The fourth-order valence-electron chi connectivity index (χ4n) is 1.90. The first kappa shape index (κ1) is 17.6. The first-order chi connectivity index (χ1) is 11.2. The van der Waals surface area contributed by atoms with Crippen molar-refractivity contribution in [1.29, 1.82) is 0 Å². The molecule has 0 spiro atoms. The molecule has 0 unspecified atom stereocenters. The van der Waals surface area contributed by atoms with Crippen LogP contribution in [0.5, 0.6) is 11.5 Å². The molecule has 9 heteroatoms. The molecule has 0 aliphatic heterocycles. The highest BCUT2D eigenvalue weighted by atomic mass is 32.2. The summed E-state index contributed by atoms with van der Waals surface area (Å²) in [6.07, 6.45) is 0. The van der Waals surface area contributed by atoms with Gasteiger partial charge in [-0.15, -0.1) is 0 Å². The molecule has 0 aromatic heterocycles. The van der Waals surface area contributed by atoms with Crippen LogP contribution in [0.25, 0.3) is 0 Å². The van der Waals surface area contributed by atoms with E-state index in [1.807, 2.05) is 0 Å². The number of nitro groups is 1. The standard InChI is InChI=1S/C15H14N2O6S/c1-10(18)11-3-5-12(6-4-11)23-15-8-7-13(24(21,22)16-2)9-14(15)17(19)20/h3-9,16H,1-2H3. The Bertz CT molecular complexity index is 891. The van der Waals surface area contributed by atoms with E-state index in [0.29, 0.717) is 5.56 Å². The summed E-state index contributed by atoms with van der Waals surface area (Å²) in [5.41, 5.74) is -0.00530. The van der Waals surface area contributed by atoms with E-state index in [1.165, 1.54) is 50.4 Å². The SMILES string of the molecule is CNS(=O)(=O)c1ccc(Oc2ccc(C(C)=O)cc2)c([N+](=O)[O-])c1. The lowest BCUT2D eigenvalue weighted by atomic mass is 10.1. The van der Waals surface area contributed by atoms with Crippen LogP contribution < -0.4 is 9.46 Å². The highest BCUT2D eigenvalue weighted by molar-refractivity contribution is 7.89. The molecule has 2 aromatic rings. The fraction of sp³-hybridized carbons (Fsp3) is 0.133. The van der Waals surface area contributed by atoms with Crippen LogP contribution in [0.3, 0.4) is 0 Å². The second-order valence-electron chi connectivity index (χ2n) is 4.78. The largest absolute Gasteiger partial charge is 0.450 e. The number of nitro benzene ring substituents is 1. The van der Waals surface area contributed by atoms with Gasteiger partial charge in [-0.1, -0.05) is 0 Å². The summed E-state index contributed by atoms with van der Waals surface area (Å²) in [7, 11) is -2.60. The average Bonchev–Trinajstić information content (AvgIpc) is 2.55. The van der Waals surface area contributed by atoms with E-state index in [-0.39, 0.29) is 22.2 Å². The summed E-state index contributed by atoms with van der Waals surface area (Å²) < 4.78 is 31.0. The zero-order chi connectivity index (χ0) is 17.9. The molecule has 0 radical (unpaired) electrons. The molecule has 2 aromatic carbocycles. The Balaban J connectivity index is 2.39. The van der Waals surface area contributed by atoms with Crippen molar-refractivity contribution < 1.29 is 22.9 Å². The number of ether oxygens (including phenoxy) is 1. The molecule has 24 heavy (non-hydrogen) atoms. The maximum atomic E-state index is 11.7. The van der Waals surface area contributed by atoms with Crippen LogP contribution in [0, 0.1) is 10.1 Å². The Kier molecular flexibility index (Phi) is 4.96. The lowest BCUT2D eigenvalue weighted by molar-refractivity contribution is -0.385. The van der Waals surface area contributed by atoms with E-state index in [0.717, 1.165) is 6.07 Å². The van der Waals surface area contributed by atoms with Crippen LogP contribution in [-0.4, -0.2) is 26.2 Å². The van der Waals surface area contributed by atoms with Gasteiger partial charge in [0.2, 0.25) is 15.8 Å². The van der Waals surface area contributed by atoms with E-state index >= 15 is 0 Å². The van der Waals surface area contributed by atoms with Gasteiger partial charge in [0.1, 0.15) is 5.75 Å². The number of carbonyl (C=O) groups is 1. The third-order valence-electron chi connectivity index (χ3n) is 3.19. The van der Waals surface area contributed by atoms with Crippen molar-refractivity contribution >= 4 is 21.5 Å². The lowest BCUT2D eigenvalue weighted by Crippen LogP contribution is -2.18. The summed E-state index contributed by atoms with van der Waals surface area (Å²) in [5, 5.41) is 11.2. The fourth-order valence-corrected chi connectivity index (χ4v) is 2.65. The molecule has 0 saturated carbocycles. The highest BCUT2D eigenvalue weighted by Crippen LogP contribution is 2.33. The maximum absolute atomic E-state index is 11.7. The summed E-state index contributed by atoms with van der Waals surface area (Å²) >= 11 is 0. The molecule has 0 saturated heterocycles. The number of rotatable bonds is 6. The first-order valence-corrected chi connectivity index (χ1v) is 8.24. The van der Waals surface area contributed by atoms with Crippen LogP contribution >= 0.6 is 0 Å². The topological polar surface area (TPSA) is 116 Å². The van der Waals surface area contributed by atoms with E-state index in [4.69, 9.17) is 4.74 Å². The Morgan fingerprint density at radius 1 is 1.17 bits per heavy atom. The van der Waals surface area contributed by atoms with Crippen molar-refractivity contribution in [2.24, 2.45) is 0 Å². The molecule has 0 aliphatic rings. The monoisotopic (exact) mass is 350 g/mol. The van der Waals surface area contributed by atoms with Crippen molar-refractivity contribution in [1.82, 2.24) is 4.72 Å². The van der Waals surface area contributed by atoms with E-state index in [1.54, 1.807) is 0 Å². The van der Waals surface area contributed by atoms with Crippen molar-refractivity contribution in [2.75, 3.05) is 7.05 Å². The molecule has 0 aliphatic carbocycles. The molecule has 126 valence electrons. The molecular formula is C15H14N2O6S. The van der Waals surface area contributed by atoms with Crippen LogP contribution in [0.4, 0.5) is 5.69 Å². The van der Waals surface area contributed by atoms with Crippen molar-refractivity contribution in [3.8, 4) is 11.5 Å². The van der Waals surface area contributed by atoms with Gasteiger partial charge in [0.25, 0.3) is 0 Å². The Hall–Kier alpha value is -2.78. The summed E-state index contributed by atoms with van der Waals surface area (Å²) in [6, 6.07) is 9.40. The van der Waals surface area contributed by atoms with Crippen molar-refractivity contribution in [2.45, 2.75) is 11.8 Å². The number of benzene rings is 2. The third-order valence-corrected chi connectivity index (χ3v) is 4.61. The van der Waals surface area contributed by atoms with Gasteiger partial charge in [0.15, 0.2) is 5.78 Å². The number of hydrogen-bond acceptors (Lipinski definition) is 6. The van der Waals surface area contributed by atoms with Gasteiger partial charge in [0, 0.05) is 11.6 Å². The molecule has 2 rings (SSSR count). The number of hydrogen-bond donors (Lipinski definition) is 1. The predicted molar refractivity (Wildman–Crippen MR) is 85.9 cm³/mol. The van der Waals surface area contributed by atoms with Crippen molar-refractivity contribution in [3.05, 3.63) is 58.1 Å². The number of carbonyl (C=O) groups excluding carboxylic acids is 1. The molecule has 0 atom stereocenters. The van der Waals surface area contributed by atoms with Gasteiger partial charge < -0.3 is 4.74 Å². The minimum atomic E-state index is -3.81. The predicted octanol–water partition coefficient (Wildman–Crippen LogP) is 2.50. The molecule has 1 N–H and O–H groups in total. The Morgan fingerprint density at radius 2 is 1.79 bits per heavy atom. The van der Waals surface area contributed by atoms with Crippen LogP contribution in [-0.2, 0) is 10.0 Å². The summed E-state index contributed by atoms with van der Waals surface area (Å²) in [4.78, 5) is 21.4. The van der Waals surface area contributed by atoms with Gasteiger partial charge in [0.05, 0.1) is 9.82 Å². The molecule has 0 bridgehead atoms. The van der Waals surface area contributed by atoms with Gasteiger partial charge in [-0.25, -0.2) is 13.1 Å². The van der Waals surface area contributed by atoms with Crippen LogP contribution in [0.2, 0.25) is 0 Å². The van der Waals surface area contributed by atoms with Gasteiger partial charge in [-0.05, 0) is 50.4 Å². The normalized spacial score (nSPS) is 11.1. The van der Waals surface area contributed by atoms with E-state index in [2.05, 4.69) is 4.72 Å². The zero-order valence-electron chi connectivity index (χ0n) is 12.8. The van der Waals surface area contributed by atoms with E-state index < -0.39 is 20.6 Å². The zero-order valence-corrected chi connectivity index (χ0v) is 13.7. The number of ketones is 1. The molecule has 0 fully saturated rings. The second-order valence-corrected chi connectivity index (χ2v) is 6.66. The number of nitrogens with zero attached hydrogens (tertiary/aromatic N) is 1. The summed E-state index contributed by atoms with van der Waals surface area (Å²) in [6.45, 7) is 1.42. The molecule has 0 heterocycles. The molecule has 8 nitrogen and oxygen atoms in total. The minimum Gasteiger partial charge on any atom is -0.450 e. The Morgan fingerprint density at radius 3 is 2.29 bits per heavy atom. The van der Waals surface area contributed by atoms with Gasteiger partial charge in [-0.3, -0.25) is 14.9 Å². The smallest absolute Gasteiger partial charge is 0.312 e. The third kappa shape index (κ3) is 3.76. The number of sulfonamides is 1. The number of nitrogens with one attached hydrogen (secondary N) is 1. The first-order valence-electron chi connectivity index (χ1n) is 6.75. The van der Waals surface area contributed by atoms with Crippen molar-refractivity contribution in [3.63, 3.8) is 0 Å². The van der Waals surface area contributed by atoms with Gasteiger partial charge in [-0.2, -0.15) is 0 Å². The maximum Gasteiger partial charge on any atom is 0.312 e. The van der Waals surface area contributed by atoms with Crippen LogP contribution in [0.1, 0.15) is 17.3 Å². The molecule has 0 amide bonds. The summed E-state index contributed by atoms with van der Waals surface area (Å²) in [5.74, 6) is 0.0621. The minimum absolute atomic E-state index is 0.106. The average molecular weight is 350 g/mol.